The topological polar surface area (TPSA) is 46.2 Å². The van der Waals surface area contributed by atoms with Gasteiger partial charge in [-0.2, -0.15) is 0 Å². The lowest BCUT2D eigenvalue weighted by molar-refractivity contribution is 0.281. The van der Waals surface area contributed by atoms with E-state index in [1.807, 2.05) is 18.2 Å². The maximum absolute atomic E-state index is 9.05. The molecule has 0 spiro atoms. The number of rotatable bonds is 3. The van der Waals surface area contributed by atoms with E-state index in [-0.39, 0.29) is 12.6 Å². The number of nitrogens with two attached hydrogens (primary N) is 1. The zero-order valence-electron chi connectivity index (χ0n) is 8.53. The van der Waals surface area contributed by atoms with Crippen LogP contribution in [0.15, 0.2) is 18.2 Å². The first-order chi connectivity index (χ1) is 6.72. The molecular weight excluding hydrogens is 174 g/mol. The van der Waals surface area contributed by atoms with Crippen molar-refractivity contribution >= 4 is 0 Å². The molecule has 76 valence electrons. The van der Waals surface area contributed by atoms with Crippen LogP contribution in [-0.4, -0.2) is 5.11 Å². The second-order valence-corrected chi connectivity index (χ2v) is 4.21. The van der Waals surface area contributed by atoms with Gasteiger partial charge < -0.3 is 10.8 Å². The molecule has 0 heterocycles. The van der Waals surface area contributed by atoms with Gasteiger partial charge in [0.15, 0.2) is 0 Å². The normalized spacial score (nSPS) is 18.2. The molecule has 0 amide bonds. The summed E-state index contributed by atoms with van der Waals surface area (Å²) < 4.78 is 0. The largest absolute Gasteiger partial charge is 0.392 e. The van der Waals surface area contributed by atoms with E-state index in [4.69, 9.17) is 10.8 Å². The van der Waals surface area contributed by atoms with Crippen molar-refractivity contribution in [1.29, 1.82) is 0 Å². The van der Waals surface area contributed by atoms with Gasteiger partial charge in [0.05, 0.1) is 6.61 Å². The Morgan fingerprint density at radius 3 is 2.79 bits per heavy atom. The molecule has 0 aliphatic heterocycles. The van der Waals surface area contributed by atoms with Gasteiger partial charge >= 0.3 is 0 Å². The summed E-state index contributed by atoms with van der Waals surface area (Å²) in [6.07, 6.45) is 2.51. The third kappa shape index (κ3) is 1.81. The molecule has 0 saturated heterocycles. The molecule has 1 aliphatic carbocycles. The van der Waals surface area contributed by atoms with Gasteiger partial charge in [-0.1, -0.05) is 18.2 Å². The molecule has 1 saturated carbocycles. The molecule has 2 rings (SSSR count). The molecule has 1 aliphatic rings. The number of aliphatic hydroxyl groups is 1. The van der Waals surface area contributed by atoms with Crippen LogP contribution in [0.3, 0.4) is 0 Å². The van der Waals surface area contributed by atoms with Crippen molar-refractivity contribution in [2.24, 2.45) is 11.7 Å². The van der Waals surface area contributed by atoms with Gasteiger partial charge in [0.25, 0.3) is 0 Å². The summed E-state index contributed by atoms with van der Waals surface area (Å²) in [6.45, 7) is 2.18. The zero-order valence-corrected chi connectivity index (χ0v) is 8.53. The van der Waals surface area contributed by atoms with E-state index >= 15 is 0 Å². The number of aryl methyl sites for hydroxylation is 1. The molecule has 14 heavy (non-hydrogen) atoms. The van der Waals surface area contributed by atoms with Gasteiger partial charge in [0.2, 0.25) is 0 Å². The summed E-state index contributed by atoms with van der Waals surface area (Å²) in [5, 5.41) is 9.05. The molecule has 0 radical (unpaired) electrons. The van der Waals surface area contributed by atoms with E-state index in [0.29, 0.717) is 5.92 Å². The van der Waals surface area contributed by atoms with E-state index < -0.39 is 0 Å². The van der Waals surface area contributed by atoms with Crippen molar-refractivity contribution in [3.05, 3.63) is 34.9 Å². The fraction of sp³-hybridized carbons (Fsp3) is 0.500. The predicted octanol–water partition coefficient (Wildman–Crippen LogP) is 1.90. The molecule has 2 heteroatoms. The Balaban J connectivity index is 2.29. The first-order valence-corrected chi connectivity index (χ1v) is 5.18. The van der Waals surface area contributed by atoms with Crippen LogP contribution in [0.1, 0.15) is 35.6 Å². The van der Waals surface area contributed by atoms with Gasteiger partial charge in [0, 0.05) is 6.04 Å². The van der Waals surface area contributed by atoms with Crippen molar-refractivity contribution in [1.82, 2.24) is 0 Å². The molecular formula is C12H17NO. The highest BCUT2D eigenvalue weighted by molar-refractivity contribution is 5.34. The summed E-state index contributed by atoms with van der Waals surface area (Å²) in [4.78, 5) is 0. The Morgan fingerprint density at radius 1 is 1.50 bits per heavy atom. The Bertz CT molecular complexity index is 331. The fourth-order valence-electron chi connectivity index (χ4n) is 1.86. The van der Waals surface area contributed by atoms with E-state index in [1.165, 1.54) is 24.0 Å². The van der Waals surface area contributed by atoms with Gasteiger partial charge in [-0.05, 0) is 42.4 Å². The third-order valence-corrected chi connectivity index (χ3v) is 3.02. The third-order valence-electron chi connectivity index (χ3n) is 3.02. The van der Waals surface area contributed by atoms with Crippen LogP contribution in [0.4, 0.5) is 0 Å². The molecule has 2 nitrogen and oxygen atoms in total. The highest BCUT2D eigenvalue weighted by atomic mass is 16.3. The van der Waals surface area contributed by atoms with Crippen LogP contribution >= 0.6 is 0 Å². The molecule has 1 atom stereocenters. The second-order valence-electron chi connectivity index (χ2n) is 4.21. The van der Waals surface area contributed by atoms with Crippen molar-refractivity contribution in [2.75, 3.05) is 0 Å². The lowest BCUT2D eigenvalue weighted by atomic mass is 9.96. The molecule has 3 N–H and O–H groups in total. The van der Waals surface area contributed by atoms with Gasteiger partial charge in [-0.25, -0.2) is 0 Å². The minimum absolute atomic E-state index is 0.102. The van der Waals surface area contributed by atoms with Crippen LogP contribution in [0, 0.1) is 12.8 Å². The number of hydrogen-bond donors (Lipinski definition) is 2. The summed E-state index contributed by atoms with van der Waals surface area (Å²) in [5.74, 6) is 0.669. The smallest absolute Gasteiger partial charge is 0.0681 e. The molecule has 1 aromatic carbocycles. The summed E-state index contributed by atoms with van der Waals surface area (Å²) in [7, 11) is 0. The highest BCUT2D eigenvalue weighted by Crippen LogP contribution is 2.40. The Hall–Kier alpha value is -0.860. The van der Waals surface area contributed by atoms with Gasteiger partial charge in [0.1, 0.15) is 0 Å². The van der Waals surface area contributed by atoms with E-state index in [0.717, 1.165) is 5.56 Å². The van der Waals surface area contributed by atoms with Crippen molar-refractivity contribution in [2.45, 2.75) is 32.4 Å². The summed E-state index contributed by atoms with van der Waals surface area (Å²) in [5.41, 5.74) is 9.55. The maximum Gasteiger partial charge on any atom is 0.0681 e. The quantitative estimate of drug-likeness (QED) is 0.766. The Morgan fingerprint density at radius 2 is 2.21 bits per heavy atom. The molecule has 0 bridgehead atoms. The van der Waals surface area contributed by atoms with Crippen molar-refractivity contribution in [3.63, 3.8) is 0 Å². The summed E-state index contributed by atoms with van der Waals surface area (Å²) in [6, 6.07) is 6.21. The average Bonchev–Trinajstić information content (AvgIpc) is 3.01. The Kier molecular flexibility index (Phi) is 2.57. The lowest BCUT2D eigenvalue weighted by Gasteiger charge is -2.14. The van der Waals surface area contributed by atoms with E-state index in [2.05, 4.69) is 6.92 Å². The van der Waals surface area contributed by atoms with Crippen molar-refractivity contribution in [3.8, 4) is 0 Å². The average molecular weight is 191 g/mol. The van der Waals surface area contributed by atoms with Crippen LogP contribution in [-0.2, 0) is 6.61 Å². The molecule has 0 aromatic heterocycles. The number of aliphatic hydroxyl groups excluding tert-OH is 1. The standard InChI is InChI=1S/C12H17NO/c1-8-2-3-9(7-14)6-11(8)12(13)10-4-5-10/h2-3,6,10,12,14H,4-5,7,13H2,1H3. The van der Waals surface area contributed by atoms with Crippen molar-refractivity contribution < 1.29 is 5.11 Å². The fourth-order valence-corrected chi connectivity index (χ4v) is 1.86. The maximum atomic E-state index is 9.05. The van der Waals surface area contributed by atoms with Gasteiger partial charge in [-0.15, -0.1) is 0 Å². The van der Waals surface area contributed by atoms with Crippen LogP contribution in [0.25, 0.3) is 0 Å². The van der Waals surface area contributed by atoms with E-state index in [9.17, 15) is 0 Å². The first-order valence-electron chi connectivity index (χ1n) is 5.18. The van der Waals surface area contributed by atoms with E-state index in [1.54, 1.807) is 0 Å². The molecule has 1 fully saturated rings. The first kappa shape index (κ1) is 9.69. The number of benzene rings is 1. The van der Waals surface area contributed by atoms with Gasteiger partial charge in [-0.3, -0.25) is 0 Å². The van der Waals surface area contributed by atoms with Crippen LogP contribution in [0.5, 0.6) is 0 Å². The SMILES string of the molecule is Cc1ccc(CO)cc1C(N)C1CC1. The highest BCUT2D eigenvalue weighted by Gasteiger charge is 2.30. The minimum atomic E-state index is 0.102. The second kappa shape index (κ2) is 3.71. The summed E-state index contributed by atoms with van der Waals surface area (Å²) >= 11 is 0. The Labute approximate surface area is 84.7 Å². The molecule has 1 aromatic rings. The van der Waals surface area contributed by atoms with Crippen LogP contribution < -0.4 is 5.73 Å². The monoisotopic (exact) mass is 191 g/mol. The number of hydrogen-bond acceptors (Lipinski definition) is 2. The van der Waals surface area contributed by atoms with Crippen LogP contribution in [0.2, 0.25) is 0 Å². The predicted molar refractivity (Wildman–Crippen MR) is 56.8 cm³/mol. The zero-order chi connectivity index (χ0) is 10.1. The minimum Gasteiger partial charge on any atom is -0.392 e. The molecule has 1 unspecified atom stereocenters. The lowest BCUT2D eigenvalue weighted by Crippen LogP contribution is -2.14.